The average molecular weight is 157 g/mol. The molecule has 0 spiro atoms. The van der Waals surface area contributed by atoms with E-state index < -0.39 is 12.3 Å². The maximum atomic E-state index is 10.5. The predicted octanol–water partition coefficient (Wildman–Crippen LogP) is 0.160. The Morgan fingerprint density at radius 3 is 2.64 bits per heavy atom. The van der Waals surface area contributed by atoms with Crippen LogP contribution in [-0.4, -0.2) is 19.0 Å². The highest BCUT2D eigenvalue weighted by atomic mass is 16.7. The highest BCUT2D eigenvalue weighted by molar-refractivity contribution is 5.81. The molecule has 4 nitrogen and oxygen atoms in total. The molecule has 0 amide bonds. The minimum Gasteiger partial charge on any atom is -0.429 e. The molecule has 0 aliphatic carbocycles. The lowest BCUT2D eigenvalue weighted by atomic mass is 10.6. The number of hydrogen-bond acceptors (Lipinski definition) is 4. The van der Waals surface area contributed by atoms with E-state index in [9.17, 15) is 4.79 Å². The second kappa shape index (κ2) is 5.64. The summed E-state index contributed by atoms with van der Waals surface area (Å²) in [6, 6.07) is 0. The Balaban J connectivity index is 3.76. The Morgan fingerprint density at radius 1 is 1.64 bits per heavy atom. The third-order valence-corrected chi connectivity index (χ3v) is 0.852. The van der Waals surface area contributed by atoms with E-state index in [1.54, 1.807) is 0 Å². The van der Waals surface area contributed by atoms with Crippen molar-refractivity contribution in [1.82, 2.24) is 0 Å². The van der Waals surface area contributed by atoms with Crippen molar-refractivity contribution in [3.05, 3.63) is 25.3 Å². The predicted molar refractivity (Wildman–Crippen MR) is 40.4 cm³/mol. The molecule has 0 saturated heterocycles. The van der Waals surface area contributed by atoms with E-state index in [1.165, 1.54) is 6.08 Å². The van der Waals surface area contributed by atoms with Gasteiger partial charge in [-0.2, -0.15) is 0 Å². The minimum absolute atomic E-state index is 0.0267. The van der Waals surface area contributed by atoms with Gasteiger partial charge in [0.1, 0.15) is 0 Å². The summed E-state index contributed by atoms with van der Waals surface area (Å²) in [5.41, 5.74) is 5.04. The van der Waals surface area contributed by atoms with Crippen LogP contribution in [0.15, 0.2) is 25.3 Å². The average Bonchev–Trinajstić information content (AvgIpc) is 2.03. The minimum atomic E-state index is -0.787. The second-order valence-electron chi connectivity index (χ2n) is 1.58. The van der Waals surface area contributed by atoms with Crippen molar-refractivity contribution in [3.8, 4) is 0 Å². The first-order valence-corrected chi connectivity index (χ1v) is 3.02. The van der Waals surface area contributed by atoms with Gasteiger partial charge in [-0.1, -0.05) is 13.2 Å². The Morgan fingerprint density at radius 2 is 2.27 bits per heavy atom. The number of carbonyl (C=O) groups is 1. The van der Waals surface area contributed by atoms with Crippen LogP contribution in [-0.2, 0) is 14.3 Å². The molecule has 0 heterocycles. The first-order valence-electron chi connectivity index (χ1n) is 3.02. The Kier molecular flexibility index (Phi) is 5.06. The van der Waals surface area contributed by atoms with Crippen LogP contribution in [0.3, 0.4) is 0 Å². The molecule has 0 bridgehead atoms. The largest absolute Gasteiger partial charge is 0.429 e. The van der Waals surface area contributed by atoms with Crippen LogP contribution in [0.1, 0.15) is 0 Å². The maximum absolute atomic E-state index is 10.5. The highest BCUT2D eigenvalue weighted by Crippen LogP contribution is 1.95. The van der Waals surface area contributed by atoms with Gasteiger partial charge in [0.25, 0.3) is 0 Å². The quantitative estimate of drug-likeness (QED) is 0.267. The molecule has 11 heavy (non-hydrogen) atoms. The molecule has 0 rings (SSSR count). The first-order chi connectivity index (χ1) is 5.24. The summed E-state index contributed by atoms with van der Waals surface area (Å²) in [7, 11) is 0. The van der Waals surface area contributed by atoms with E-state index in [1.807, 2.05) is 0 Å². The van der Waals surface area contributed by atoms with Crippen LogP contribution < -0.4 is 5.73 Å². The van der Waals surface area contributed by atoms with Crippen LogP contribution in [0.5, 0.6) is 0 Å². The third-order valence-electron chi connectivity index (χ3n) is 0.852. The normalized spacial score (nSPS) is 11.7. The lowest BCUT2D eigenvalue weighted by molar-refractivity contribution is -0.162. The Labute approximate surface area is 65.3 Å². The fourth-order valence-electron chi connectivity index (χ4n) is 0.408. The molecule has 4 heteroatoms. The highest BCUT2D eigenvalue weighted by Gasteiger charge is 2.06. The molecule has 2 N–H and O–H groups in total. The van der Waals surface area contributed by atoms with Gasteiger partial charge < -0.3 is 15.2 Å². The molecule has 62 valence electrons. The Hall–Kier alpha value is -1.13. The van der Waals surface area contributed by atoms with Gasteiger partial charge in [0.15, 0.2) is 0 Å². The molecular weight excluding hydrogens is 146 g/mol. The Bertz CT molecular complexity index is 156. The molecule has 0 aliphatic heterocycles. The maximum Gasteiger partial charge on any atom is 0.332 e. The van der Waals surface area contributed by atoms with Crippen molar-refractivity contribution >= 4 is 5.97 Å². The van der Waals surface area contributed by atoms with Crippen LogP contribution in [0, 0.1) is 0 Å². The molecule has 0 aromatic rings. The fraction of sp³-hybridized carbons (Fsp3) is 0.286. The molecule has 0 fully saturated rings. The monoisotopic (exact) mass is 157 g/mol. The standard InChI is InChI=1S/C7H11NO3/c1-3-6(9)11-7(4-2)10-5-8/h3-4,7H,1-2,5,8H2. The van der Waals surface area contributed by atoms with E-state index >= 15 is 0 Å². The SMILES string of the molecule is C=CC(=O)OC(C=C)OCN. The van der Waals surface area contributed by atoms with E-state index in [2.05, 4.69) is 17.9 Å². The van der Waals surface area contributed by atoms with Crippen LogP contribution >= 0.6 is 0 Å². The van der Waals surface area contributed by atoms with E-state index in [4.69, 9.17) is 10.5 Å². The van der Waals surface area contributed by atoms with Crippen molar-refractivity contribution in [2.24, 2.45) is 5.73 Å². The van der Waals surface area contributed by atoms with Crippen molar-refractivity contribution in [3.63, 3.8) is 0 Å². The molecule has 0 saturated carbocycles. The van der Waals surface area contributed by atoms with Crippen molar-refractivity contribution in [1.29, 1.82) is 0 Å². The summed E-state index contributed by atoms with van der Waals surface area (Å²) < 4.78 is 9.34. The van der Waals surface area contributed by atoms with Gasteiger partial charge in [0.05, 0.1) is 6.73 Å². The van der Waals surface area contributed by atoms with Crippen LogP contribution in [0.2, 0.25) is 0 Å². The van der Waals surface area contributed by atoms with Gasteiger partial charge in [-0.05, 0) is 6.08 Å². The summed E-state index contributed by atoms with van der Waals surface area (Å²) in [5.74, 6) is -0.566. The molecule has 1 atom stereocenters. The number of esters is 1. The van der Waals surface area contributed by atoms with Gasteiger partial charge in [0.2, 0.25) is 6.29 Å². The van der Waals surface area contributed by atoms with Crippen molar-refractivity contribution < 1.29 is 14.3 Å². The van der Waals surface area contributed by atoms with Gasteiger partial charge >= 0.3 is 5.97 Å². The van der Waals surface area contributed by atoms with E-state index in [0.717, 1.165) is 6.08 Å². The van der Waals surface area contributed by atoms with Gasteiger partial charge in [0, 0.05) is 6.08 Å². The number of carbonyl (C=O) groups excluding carboxylic acids is 1. The van der Waals surface area contributed by atoms with Gasteiger partial charge in [-0.3, -0.25) is 0 Å². The van der Waals surface area contributed by atoms with Crippen molar-refractivity contribution in [2.75, 3.05) is 6.73 Å². The van der Waals surface area contributed by atoms with Gasteiger partial charge in [-0.15, -0.1) is 0 Å². The molecule has 0 radical (unpaired) electrons. The second-order valence-corrected chi connectivity index (χ2v) is 1.58. The summed E-state index contributed by atoms with van der Waals surface area (Å²) in [4.78, 5) is 10.5. The smallest absolute Gasteiger partial charge is 0.332 e. The topological polar surface area (TPSA) is 61.5 Å². The zero-order valence-corrected chi connectivity index (χ0v) is 6.16. The van der Waals surface area contributed by atoms with Gasteiger partial charge in [-0.25, -0.2) is 4.79 Å². The van der Waals surface area contributed by atoms with E-state index in [0.29, 0.717) is 0 Å². The fourth-order valence-corrected chi connectivity index (χ4v) is 0.408. The molecule has 0 aromatic heterocycles. The zero-order chi connectivity index (χ0) is 8.69. The van der Waals surface area contributed by atoms with E-state index in [-0.39, 0.29) is 6.73 Å². The van der Waals surface area contributed by atoms with Crippen molar-refractivity contribution in [2.45, 2.75) is 6.29 Å². The zero-order valence-electron chi connectivity index (χ0n) is 6.16. The number of nitrogens with two attached hydrogens (primary N) is 1. The number of hydrogen-bond donors (Lipinski definition) is 1. The summed E-state index contributed by atoms with van der Waals surface area (Å²) in [6.45, 7) is 6.56. The lowest BCUT2D eigenvalue weighted by Gasteiger charge is -2.11. The molecule has 0 aliphatic rings. The number of rotatable bonds is 5. The summed E-state index contributed by atoms with van der Waals surface area (Å²) in [6.07, 6.45) is 1.58. The summed E-state index contributed by atoms with van der Waals surface area (Å²) in [5, 5.41) is 0. The lowest BCUT2D eigenvalue weighted by Crippen LogP contribution is -2.21. The number of ether oxygens (including phenoxy) is 2. The first kappa shape index (κ1) is 9.87. The molecular formula is C7H11NO3. The molecule has 1 unspecified atom stereocenters. The van der Waals surface area contributed by atoms with Crippen LogP contribution in [0.4, 0.5) is 0 Å². The summed E-state index contributed by atoms with van der Waals surface area (Å²) >= 11 is 0. The molecule has 0 aromatic carbocycles. The van der Waals surface area contributed by atoms with Crippen LogP contribution in [0.25, 0.3) is 0 Å². The third kappa shape index (κ3) is 4.30.